The molecule has 2 aromatic rings. The second kappa shape index (κ2) is 14.7. The zero-order valence-electron chi connectivity index (χ0n) is 23.1. The molecule has 0 radical (unpaired) electrons. The van der Waals surface area contributed by atoms with Crippen molar-refractivity contribution in [3.8, 4) is 5.75 Å². The first-order valence-corrected chi connectivity index (χ1v) is 15.0. The predicted molar refractivity (Wildman–Crippen MR) is 149 cm³/mol. The largest absolute Gasteiger partial charge is 0.496 e. The van der Waals surface area contributed by atoms with Crippen molar-refractivity contribution < 1.29 is 31.1 Å². The van der Waals surface area contributed by atoms with Gasteiger partial charge in [0, 0.05) is 57.8 Å². The van der Waals surface area contributed by atoms with Crippen LogP contribution < -0.4 is 4.74 Å². The van der Waals surface area contributed by atoms with E-state index in [2.05, 4.69) is 11.8 Å². The summed E-state index contributed by atoms with van der Waals surface area (Å²) in [6, 6.07) is 11.5. The smallest absolute Gasteiger partial charge is 0.416 e. The lowest BCUT2D eigenvalue weighted by Gasteiger charge is -2.35. The van der Waals surface area contributed by atoms with Gasteiger partial charge in [-0.05, 0) is 30.7 Å². The minimum Gasteiger partial charge on any atom is -0.496 e. The van der Waals surface area contributed by atoms with E-state index in [0.717, 1.165) is 42.7 Å². The van der Waals surface area contributed by atoms with Crippen molar-refractivity contribution in [2.45, 2.75) is 43.7 Å². The third kappa shape index (κ3) is 8.81. The van der Waals surface area contributed by atoms with Crippen molar-refractivity contribution in [1.82, 2.24) is 14.1 Å². The third-order valence-electron chi connectivity index (χ3n) is 6.93. The molecule has 1 fully saturated rings. The molecule has 220 valence electrons. The molecule has 1 amide bonds. The molecule has 11 heteroatoms. The van der Waals surface area contributed by atoms with Gasteiger partial charge < -0.3 is 9.64 Å². The monoisotopic (exact) mass is 581 g/mol. The van der Waals surface area contributed by atoms with Crippen LogP contribution in [-0.2, 0) is 21.0 Å². The zero-order chi connectivity index (χ0) is 29.2. The number of rotatable bonds is 13. The molecule has 0 aliphatic carbocycles. The molecule has 3 rings (SSSR count). The number of benzene rings is 2. The Hall–Kier alpha value is -2.89. The van der Waals surface area contributed by atoms with Crippen molar-refractivity contribution >= 4 is 22.0 Å². The molecule has 1 saturated heterocycles. The van der Waals surface area contributed by atoms with E-state index in [-0.39, 0.29) is 23.9 Å². The maximum absolute atomic E-state index is 13.1. The lowest BCUT2D eigenvalue weighted by atomic mass is 10.1. The summed E-state index contributed by atoms with van der Waals surface area (Å²) in [5, 5.41) is 0. The Morgan fingerprint density at radius 2 is 1.77 bits per heavy atom. The Balaban J connectivity index is 1.59. The molecule has 0 bridgehead atoms. The number of hydrogen-bond acceptors (Lipinski definition) is 5. The van der Waals surface area contributed by atoms with Gasteiger partial charge in [0.15, 0.2) is 0 Å². The number of carbonyl (C=O) groups is 1. The van der Waals surface area contributed by atoms with Crippen LogP contribution in [0.2, 0.25) is 0 Å². The van der Waals surface area contributed by atoms with Gasteiger partial charge in [0.2, 0.25) is 15.9 Å². The average molecular weight is 582 g/mol. The van der Waals surface area contributed by atoms with Crippen LogP contribution in [0.3, 0.4) is 0 Å². The quantitative estimate of drug-likeness (QED) is 0.307. The molecule has 0 saturated carbocycles. The van der Waals surface area contributed by atoms with E-state index in [0.29, 0.717) is 45.2 Å². The Bertz CT molecular complexity index is 1240. The average Bonchev–Trinajstić information content (AvgIpc) is 2.95. The number of hydrogen-bond donors (Lipinski definition) is 0. The maximum Gasteiger partial charge on any atom is 0.416 e. The molecular formula is C29H38F3N3O4S. The number of carbonyl (C=O) groups excluding carboxylic acids is 1. The highest BCUT2D eigenvalue weighted by Gasteiger charge is 2.34. The predicted octanol–water partition coefficient (Wildman–Crippen LogP) is 5.14. The van der Waals surface area contributed by atoms with Crippen LogP contribution in [0.25, 0.3) is 6.08 Å². The van der Waals surface area contributed by atoms with Crippen molar-refractivity contribution in [3.05, 3.63) is 65.7 Å². The van der Waals surface area contributed by atoms with E-state index in [9.17, 15) is 26.4 Å². The molecule has 0 unspecified atom stereocenters. The Labute approximate surface area is 235 Å². The number of amides is 1. The first-order chi connectivity index (χ1) is 19.1. The third-order valence-corrected chi connectivity index (χ3v) is 8.82. The lowest BCUT2D eigenvalue weighted by molar-refractivity contribution is -0.137. The van der Waals surface area contributed by atoms with Crippen LogP contribution in [0.15, 0.2) is 59.5 Å². The van der Waals surface area contributed by atoms with Gasteiger partial charge in [0.05, 0.1) is 17.6 Å². The van der Waals surface area contributed by atoms with Crippen molar-refractivity contribution in [1.29, 1.82) is 0 Å². The van der Waals surface area contributed by atoms with Crippen LogP contribution in [0.4, 0.5) is 13.2 Å². The van der Waals surface area contributed by atoms with Crippen LogP contribution in [0.5, 0.6) is 5.75 Å². The molecule has 1 aliphatic heterocycles. The van der Waals surface area contributed by atoms with E-state index >= 15 is 0 Å². The second-order valence-corrected chi connectivity index (χ2v) is 11.7. The van der Waals surface area contributed by atoms with Gasteiger partial charge >= 0.3 is 6.18 Å². The summed E-state index contributed by atoms with van der Waals surface area (Å²) < 4.78 is 71.9. The number of sulfonamides is 1. The molecule has 1 aliphatic rings. The molecule has 0 aromatic heterocycles. The summed E-state index contributed by atoms with van der Waals surface area (Å²) in [6.07, 6.45) is 2.56. The highest BCUT2D eigenvalue weighted by molar-refractivity contribution is 7.89. The lowest BCUT2D eigenvalue weighted by Crippen LogP contribution is -2.50. The molecule has 1 heterocycles. The van der Waals surface area contributed by atoms with Gasteiger partial charge in [-0.2, -0.15) is 17.5 Å². The van der Waals surface area contributed by atoms with Crippen molar-refractivity contribution in [2.75, 3.05) is 52.9 Å². The first-order valence-electron chi connectivity index (χ1n) is 13.5. The number of para-hydroxylation sites is 1. The van der Waals surface area contributed by atoms with Crippen molar-refractivity contribution in [3.63, 3.8) is 0 Å². The van der Waals surface area contributed by atoms with Crippen LogP contribution in [0.1, 0.15) is 43.7 Å². The van der Waals surface area contributed by atoms with Gasteiger partial charge in [-0.1, -0.05) is 56.2 Å². The van der Waals surface area contributed by atoms with E-state index < -0.39 is 21.8 Å². The molecule has 0 atom stereocenters. The second-order valence-electron chi connectivity index (χ2n) is 9.71. The molecular weight excluding hydrogens is 543 g/mol. The molecule has 0 N–H and O–H groups in total. The van der Waals surface area contributed by atoms with Crippen molar-refractivity contribution in [2.24, 2.45) is 0 Å². The molecule has 2 aromatic carbocycles. The fraction of sp³-hybridized carbons (Fsp3) is 0.483. The standard InChI is InChI=1S/C29H38F3N3O4S/c1-3-4-5-15-28(36)34(16-9-11-24-10-6-7-14-27(24)39-2)20-17-33-18-21-35(22-19-33)40(37,38)26-13-8-12-25(23-26)29(30,31)32/h6-14,23H,3-5,15-22H2,1-2H3/b11-9+. The summed E-state index contributed by atoms with van der Waals surface area (Å²) >= 11 is 0. The number of piperazine rings is 1. The van der Waals surface area contributed by atoms with E-state index in [1.54, 1.807) is 7.11 Å². The number of methoxy groups -OCH3 is 1. The summed E-state index contributed by atoms with van der Waals surface area (Å²) in [4.78, 5) is 16.5. The van der Waals surface area contributed by atoms with Gasteiger partial charge in [0.1, 0.15) is 5.75 Å². The van der Waals surface area contributed by atoms with Gasteiger partial charge in [-0.25, -0.2) is 8.42 Å². The summed E-state index contributed by atoms with van der Waals surface area (Å²) in [7, 11) is -2.44. The number of ether oxygens (including phenoxy) is 1. The normalized spacial score (nSPS) is 15.4. The van der Waals surface area contributed by atoms with Crippen LogP contribution >= 0.6 is 0 Å². The Morgan fingerprint density at radius 3 is 2.45 bits per heavy atom. The number of nitrogens with zero attached hydrogens (tertiary/aromatic N) is 3. The first kappa shape index (κ1) is 31.6. The Morgan fingerprint density at radius 1 is 1.05 bits per heavy atom. The number of halogens is 3. The molecule has 40 heavy (non-hydrogen) atoms. The highest BCUT2D eigenvalue weighted by atomic mass is 32.2. The molecule has 7 nitrogen and oxygen atoms in total. The van der Waals surface area contributed by atoms with Gasteiger partial charge in [-0.15, -0.1) is 0 Å². The SMILES string of the molecule is CCCCCC(=O)N(C/C=C/c1ccccc1OC)CCN1CCN(S(=O)(=O)c2cccc(C(F)(F)F)c2)CC1. The van der Waals surface area contributed by atoms with E-state index in [1.807, 2.05) is 41.3 Å². The number of unbranched alkanes of at least 4 members (excludes halogenated alkanes) is 2. The zero-order valence-corrected chi connectivity index (χ0v) is 23.9. The summed E-state index contributed by atoms with van der Waals surface area (Å²) in [6.45, 7) is 4.76. The van der Waals surface area contributed by atoms with Crippen LogP contribution in [0, 0.1) is 0 Å². The van der Waals surface area contributed by atoms with E-state index in [1.165, 1.54) is 10.4 Å². The van der Waals surface area contributed by atoms with Gasteiger partial charge in [0.25, 0.3) is 0 Å². The summed E-state index contributed by atoms with van der Waals surface area (Å²) in [5.41, 5.74) is -0.0721. The minimum atomic E-state index is -4.62. The fourth-order valence-electron chi connectivity index (χ4n) is 4.55. The van der Waals surface area contributed by atoms with E-state index in [4.69, 9.17) is 4.74 Å². The fourth-order valence-corrected chi connectivity index (χ4v) is 6.02. The van der Waals surface area contributed by atoms with Crippen LogP contribution in [-0.4, -0.2) is 81.4 Å². The highest BCUT2D eigenvalue weighted by Crippen LogP contribution is 2.31. The maximum atomic E-state index is 13.1. The summed E-state index contributed by atoms with van der Waals surface area (Å²) in [5.74, 6) is 0.821. The topological polar surface area (TPSA) is 70.2 Å². The van der Waals surface area contributed by atoms with Gasteiger partial charge in [-0.3, -0.25) is 9.69 Å². The number of alkyl halides is 3. The Kier molecular flexibility index (Phi) is 11.6. The minimum absolute atomic E-state index is 0.0730. The molecule has 0 spiro atoms.